The van der Waals surface area contributed by atoms with E-state index >= 15 is 0 Å². The van der Waals surface area contributed by atoms with E-state index in [1.54, 1.807) is 6.92 Å². The summed E-state index contributed by atoms with van der Waals surface area (Å²) >= 11 is 0. The summed E-state index contributed by atoms with van der Waals surface area (Å²) in [4.78, 5) is 31.5. The summed E-state index contributed by atoms with van der Waals surface area (Å²) < 4.78 is 45.4. The number of carbonyl (C=O) groups is 2. The summed E-state index contributed by atoms with van der Waals surface area (Å²) in [7, 11) is 1.47. The Kier molecular flexibility index (Phi) is 5.56. The summed E-state index contributed by atoms with van der Waals surface area (Å²) in [5, 5.41) is 6.93. The van der Waals surface area contributed by atoms with Gasteiger partial charge in [0, 0.05) is 24.0 Å². The molecule has 1 aliphatic heterocycles. The zero-order valence-corrected chi connectivity index (χ0v) is 18.0. The highest BCUT2D eigenvalue weighted by Crippen LogP contribution is 2.34. The number of hydrogen-bond donors (Lipinski definition) is 1. The molecular weight excluding hydrogens is 439 g/mol. The van der Waals surface area contributed by atoms with Crippen LogP contribution in [0.1, 0.15) is 44.9 Å². The van der Waals surface area contributed by atoms with E-state index in [1.165, 1.54) is 47.4 Å². The van der Waals surface area contributed by atoms with E-state index in [4.69, 9.17) is 4.74 Å². The third-order valence-corrected chi connectivity index (χ3v) is 5.50. The molecule has 1 N–H and O–H groups in total. The number of halogens is 3. The van der Waals surface area contributed by atoms with Crippen molar-refractivity contribution in [3.05, 3.63) is 65.2 Å². The van der Waals surface area contributed by atoms with E-state index in [1.807, 2.05) is 6.92 Å². The van der Waals surface area contributed by atoms with Crippen molar-refractivity contribution in [1.82, 2.24) is 14.8 Å². The number of amides is 2. The largest absolute Gasteiger partial charge is 0.495 e. The standard InChI is InChI=1S/C22H20F3N5O3/c1-12-11-29(15-6-4-14(5-7-15)22(23,24)25)21(32)19-17(9-27-30(12)19)28-20(31)16-8-26-10-18(33-3)13(16)2/h4-10,12H,11H2,1-3H3,(H,28,31)/t12-/m0/s1. The van der Waals surface area contributed by atoms with Crippen molar-refractivity contribution in [2.75, 3.05) is 23.9 Å². The Balaban J connectivity index is 1.64. The van der Waals surface area contributed by atoms with E-state index in [0.717, 1.165) is 12.1 Å². The van der Waals surface area contributed by atoms with Gasteiger partial charge in [0.05, 0.1) is 42.4 Å². The number of fused-ring (bicyclic) bond motifs is 1. The first kappa shape index (κ1) is 22.3. The van der Waals surface area contributed by atoms with Crippen LogP contribution >= 0.6 is 0 Å². The molecule has 0 bridgehead atoms. The van der Waals surface area contributed by atoms with Gasteiger partial charge in [0.1, 0.15) is 5.75 Å². The van der Waals surface area contributed by atoms with Crippen LogP contribution in [-0.2, 0) is 6.18 Å². The lowest BCUT2D eigenvalue weighted by atomic mass is 10.1. The molecule has 4 rings (SSSR count). The van der Waals surface area contributed by atoms with E-state index in [0.29, 0.717) is 17.0 Å². The summed E-state index contributed by atoms with van der Waals surface area (Å²) in [5.74, 6) is -0.541. The number of aromatic nitrogens is 3. The van der Waals surface area contributed by atoms with Crippen LogP contribution in [0.25, 0.3) is 0 Å². The molecule has 0 saturated heterocycles. The van der Waals surface area contributed by atoms with E-state index in [9.17, 15) is 22.8 Å². The summed E-state index contributed by atoms with van der Waals surface area (Å²) in [5.41, 5.74) is 0.690. The van der Waals surface area contributed by atoms with Crippen LogP contribution in [-0.4, -0.2) is 40.2 Å². The Morgan fingerprint density at radius 1 is 1.18 bits per heavy atom. The average Bonchev–Trinajstić information content (AvgIpc) is 3.20. The minimum Gasteiger partial charge on any atom is -0.495 e. The topological polar surface area (TPSA) is 89.3 Å². The highest BCUT2D eigenvalue weighted by molar-refractivity contribution is 6.13. The molecule has 0 aliphatic carbocycles. The summed E-state index contributed by atoms with van der Waals surface area (Å²) in [6.07, 6.45) is -0.217. The molecule has 0 spiro atoms. The average molecular weight is 459 g/mol. The molecular formula is C22H20F3N5O3. The van der Waals surface area contributed by atoms with Crippen molar-refractivity contribution < 1.29 is 27.5 Å². The predicted octanol–water partition coefficient (Wildman–Crippen LogP) is 4.09. The second-order valence-electron chi connectivity index (χ2n) is 7.63. The normalized spacial score (nSPS) is 15.9. The predicted molar refractivity (Wildman–Crippen MR) is 114 cm³/mol. The Labute approximate surface area is 187 Å². The minimum atomic E-state index is -4.47. The molecule has 0 radical (unpaired) electrons. The number of rotatable bonds is 4. The maximum atomic E-state index is 13.3. The summed E-state index contributed by atoms with van der Waals surface area (Å²) in [6, 6.07) is 4.10. The van der Waals surface area contributed by atoms with Gasteiger partial charge in [-0.15, -0.1) is 0 Å². The highest BCUT2D eigenvalue weighted by Gasteiger charge is 2.35. The van der Waals surface area contributed by atoms with Crippen LogP contribution in [0.4, 0.5) is 24.5 Å². The molecule has 8 nitrogen and oxygen atoms in total. The van der Waals surface area contributed by atoms with Gasteiger partial charge in [0.15, 0.2) is 5.69 Å². The third kappa shape index (κ3) is 4.01. The molecule has 1 aromatic carbocycles. The second-order valence-corrected chi connectivity index (χ2v) is 7.63. The fraction of sp³-hybridized carbons (Fsp3) is 0.273. The van der Waals surface area contributed by atoms with Crippen LogP contribution in [0.3, 0.4) is 0 Å². The molecule has 2 aromatic heterocycles. The van der Waals surface area contributed by atoms with Crippen LogP contribution < -0.4 is 15.0 Å². The quantitative estimate of drug-likeness (QED) is 0.635. The fourth-order valence-electron chi connectivity index (χ4n) is 3.74. The number of ether oxygens (including phenoxy) is 1. The lowest BCUT2D eigenvalue weighted by molar-refractivity contribution is -0.137. The molecule has 0 unspecified atom stereocenters. The number of carbonyl (C=O) groups excluding carboxylic acids is 2. The van der Waals surface area contributed by atoms with Gasteiger partial charge in [-0.2, -0.15) is 18.3 Å². The molecule has 3 aromatic rings. The third-order valence-electron chi connectivity index (χ3n) is 5.50. The number of alkyl halides is 3. The number of methoxy groups -OCH3 is 1. The van der Waals surface area contributed by atoms with Crippen molar-refractivity contribution in [3.8, 4) is 5.75 Å². The monoisotopic (exact) mass is 459 g/mol. The number of hydrogen-bond acceptors (Lipinski definition) is 5. The SMILES string of the molecule is COc1cncc(C(=O)Nc2cnn3c2C(=O)N(c2ccc(C(F)(F)F)cc2)C[C@@H]3C)c1C. The van der Waals surface area contributed by atoms with Gasteiger partial charge in [0.2, 0.25) is 0 Å². The fourth-order valence-corrected chi connectivity index (χ4v) is 3.74. The van der Waals surface area contributed by atoms with Gasteiger partial charge in [-0.25, -0.2) is 0 Å². The van der Waals surface area contributed by atoms with E-state index in [-0.39, 0.29) is 29.5 Å². The lowest BCUT2D eigenvalue weighted by Crippen LogP contribution is -2.43. The molecule has 3 heterocycles. The zero-order chi connectivity index (χ0) is 23.9. The van der Waals surface area contributed by atoms with Gasteiger partial charge < -0.3 is 15.0 Å². The first-order valence-electron chi connectivity index (χ1n) is 9.98. The smallest absolute Gasteiger partial charge is 0.416 e. The van der Waals surface area contributed by atoms with Gasteiger partial charge in [-0.05, 0) is 38.1 Å². The first-order valence-corrected chi connectivity index (χ1v) is 9.98. The molecule has 0 fully saturated rings. The van der Waals surface area contributed by atoms with Gasteiger partial charge in [0.25, 0.3) is 11.8 Å². The van der Waals surface area contributed by atoms with Crippen molar-refractivity contribution >= 4 is 23.2 Å². The van der Waals surface area contributed by atoms with Crippen molar-refractivity contribution in [3.63, 3.8) is 0 Å². The lowest BCUT2D eigenvalue weighted by Gasteiger charge is -2.32. The zero-order valence-electron chi connectivity index (χ0n) is 18.0. The number of nitrogens with zero attached hydrogens (tertiary/aromatic N) is 4. The Morgan fingerprint density at radius 3 is 2.52 bits per heavy atom. The van der Waals surface area contributed by atoms with Crippen LogP contribution in [0.2, 0.25) is 0 Å². The second kappa shape index (κ2) is 8.23. The van der Waals surface area contributed by atoms with Crippen LogP contribution in [0, 0.1) is 6.92 Å². The Morgan fingerprint density at radius 2 is 1.88 bits per heavy atom. The number of anilines is 2. The number of benzene rings is 1. The van der Waals surface area contributed by atoms with E-state index < -0.39 is 23.6 Å². The Bertz CT molecular complexity index is 1220. The maximum Gasteiger partial charge on any atom is 0.416 e. The maximum absolute atomic E-state index is 13.3. The van der Waals surface area contributed by atoms with Crippen molar-refractivity contribution in [2.45, 2.75) is 26.1 Å². The van der Waals surface area contributed by atoms with Crippen molar-refractivity contribution in [1.29, 1.82) is 0 Å². The van der Waals surface area contributed by atoms with Crippen LogP contribution in [0.15, 0.2) is 42.9 Å². The molecule has 0 saturated carbocycles. The molecule has 1 aliphatic rings. The van der Waals surface area contributed by atoms with Gasteiger partial charge in [-0.1, -0.05) is 0 Å². The summed E-state index contributed by atoms with van der Waals surface area (Å²) in [6.45, 7) is 3.75. The van der Waals surface area contributed by atoms with Crippen LogP contribution in [0.5, 0.6) is 5.75 Å². The molecule has 11 heteroatoms. The number of pyridine rings is 1. The minimum absolute atomic E-state index is 0.135. The molecule has 1 atom stereocenters. The first-order chi connectivity index (χ1) is 15.6. The molecule has 33 heavy (non-hydrogen) atoms. The Hall–Kier alpha value is -3.89. The molecule has 2 amide bonds. The van der Waals surface area contributed by atoms with Gasteiger partial charge in [-0.3, -0.25) is 19.3 Å². The highest BCUT2D eigenvalue weighted by atomic mass is 19.4. The van der Waals surface area contributed by atoms with Crippen molar-refractivity contribution in [2.24, 2.45) is 0 Å². The number of nitrogens with one attached hydrogen (secondary N) is 1. The van der Waals surface area contributed by atoms with Gasteiger partial charge >= 0.3 is 6.18 Å². The molecule has 172 valence electrons. The van der Waals surface area contributed by atoms with E-state index in [2.05, 4.69) is 15.4 Å².